The topological polar surface area (TPSA) is 35.2 Å². The predicted molar refractivity (Wildman–Crippen MR) is 71.8 cm³/mol. The van der Waals surface area contributed by atoms with Crippen molar-refractivity contribution in [2.45, 2.75) is 45.9 Å². The average Bonchev–Trinajstić information content (AvgIpc) is 2.13. The summed E-state index contributed by atoms with van der Waals surface area (Å²) in [4.78, 5) is 0. The molecule has 3 heteroatoms. The van der Waals surface area contributed by atoms with Crippen molar-refractivity contribution >= 4 is 14.7 Å². The third-order valence-electron chi connectivity index (χ3n) is 2.53. The van der Waals surface area contributed by atoms with Crippen LogP contribution < -0.4 is 5.73 Å². The second kappa shape index (κ2) is 5.02. The summed E-state index contributed by atoms with van der Waals surface area (Å²) in [6.07, 6.45) is 0. The average molecular weight is 236 g/mol. The third kappa shape index (κ3) is 3.35. The lowest BCUT2D eigenvalue weighted by molar-refractivity contribution is 0.311. The van der Waals surface area contributed by atoms with Crippen molar-refractivity contribution in [3.05, 3.63) is 29.3 Å². The van der Waals surface area contributed by atoms with Crippen LogP contribution in [0, 0.1) is 0 Å². The molecule has 0 fully saturated rings. The maximum atomic E-state index is 6.04. The van der Waals surface area contributed by atoms with Crippen LogP contribution in [0.1, 0.15) is 31.9 Å². The fraction of sp³-hybridized carbons (Fsp3) is 0.538. The molecular formula is C13H22NOSi. The van der Waals surface area contributed by atoms with Crippen LogP contribution in [0.15, 0.2) is 18.2 Å². The van der Waals surface area contributed by atoms with Crippen molar-refractivity contribution in [3.8, 4) is 0 Å². The highest BCUT2D eigenvalue weighted by atomic mass is 28.3. The van der Waals surface area contributed by atoms with Gasteiger partial charge in [0.2, 0.25) is 9.04 Å². The fourth-order valence-electron chi connectivity index (χ4n) is 1.68. The lowest BCUT2D eigenvalue weighted by Gasteiger charge is -2.24. The lowest BCUT2D eigenvalue weighted by atomic mass is 9.83. The highest BCUT2D eigenvalue weighted by Gasteiger charge is 2.19. The molecule has 0 bridgehead atoms. The molecule has 0 atom stereocenters. The van der Waals surface area contributed by atoms with E-state index in [0.29, 0.717) is 6.61 Å². The van der Waals surface area contributed by atoms with Gasteiger partial charge < -0.3 is 10.2 Å². The van der Waals surface area contributed by atoms with Crippen LogP contribution in [-0.4, -0.2) is 9.04 Å². The first kappa shape index (κ1) is 13.3. The van der Waals surface area contributed by atoms with Crippen LogP contribution in [0.2, 0.25) is 13.1 Å². The minimum absolute atomic E-state index is 0.114. The van der Waals surface area contributed by atoms with E-state index in [-0.39, 0.29) is 5.41 Å². The van der Waals surface area contributed by atoms with E-state index in [1.165, 1.54) is 5.56 Å². The van der Waals surface area contributed by atoms with Gasteiger partial charge in [-0.2, -0.15) is 0 Å². The molecule has 0 aliphatic heterocycles. The third-order valence-corrected chi connectivity index (χ3v) is 3.25. The maximum Gasteiger partial charge on any atom is 0.205 e. The van der Waals surface area contributed by atoms with Gasteiger partial charge >= 0.3 is 0 Å². The molecule has 1 rings (SSSR count). The summed E-state index contributed by atoms with van der Waals surface area (Å²) in [7, 11) is -0.666. The molecule has 0 unspecified atom stereocenters. The normalized spacial score (nSPS) is 12.1. The van der Waals surface area contributed by atoms with E-state index in [0.717, 1.165) is 11.3 Å². The number of hydrogen-bond donors (Lipinski definition) is 1. The van der Waals surface area contributed by atoms with Crippen molar-refractivity contribution in [2.75, 3.05) is 5.73 Å². The van der Waals surface area contributed by atoms with E-state index in [1.807, 2.05) is 12.1 Å². The molecule has 0 heterocycles. The van der Waals surface area contributed by atoms with Gasteiger partial charge in [0.05, 0.1) is 6.61 Å². The molecule has 1 aromatic rings. The van der Waals surface area contributed by atoms with Crippen molar-refractivity contribution in [3.63, 3.8) is 0 Å². The molecule has 2 N–H and O–H groups in total. The van der Waals surface area contributed by atoms with Gasteiger partial charge in [0.15, 0.2) is 0 Å². The zero-order valence-electron chi connectivity index (χ0n) is 10.9. The van der Waals surface area contributed by atoms with Crippen LogP contribution >= 0.6 is 0 Å². The van der Waals surface area contributed by atoms with Gasteiger partial charge in [-0.05, 0) is 30.1 Å². The first-order chi connectivity index (χ1) is 7.32. The molecule has 0 saturated carbocycles. The molecular weight excluding hydrogens is 214 g/mol. The number of rotatable bonds is 3. The van der Waals surface area contributed by atoms with E-state index >= 15 is 0 Å². The second-order valence-corrected chi connectivity index (χ2v) is 7.43. The molecule has 89 valence electrons. The molecule has 0 aliphatic carbocycles. The highest BCUT2D eigenvalue weighted by molar-refractivity contribution is 6.48. The van der Waals surface area contributed by atoms with Gasteiger partial charge in [-0.25, -0.2) is 0 Å². The number of hydrogen-bond acceptors (Lipinski definition) is 2. The molecule has 0 aliphatic rings. The van der Waals surface area contributed by atoms with Crippen LogP contribution in [0.4, 0.5) is 5.69 Å². The van der Waals surface area contributed by atoms with Crippen molar-refractivity contribution in [2.24, 2.45) is 0 Å². The number of anilines is 1. The Hall–Kier alpha value is -0.803. The Morgan fingerprint density at radius 1 is 1.25 bits per heavy atom. The first-order valence-corrected chi connectivity index (χ1v) is 8.04. The van der Waals surface area contributed by atoms with Gasteiger partial charge in [0.25, 0.3) is 0 Å². The van der Waals surface area contributed by atoms with Crippen LogP contribution in [0.25, 0.3) is 0 Å². The first-order valence-electron chi connectivity index (χ1n) is 5.63. The monoisotopic (exact) mass is 236 g/mol. The Labute approximate surface area is 101 Å². The molecule has 16 heavy (non-hydrogen) atoms. The second-order valence-electron chi connectivity index (χ2n) is 5.32. The molecule has 1 aromatic carbocycles. The van der Waals surface area contributed by atoms with Gasteiger partial charge in [0, 0.05) is 11.3 Å². The Kier molecular flexibility index (Phi) is 4.16. The van der Waals surface area contributed by atoms with Crippen LogP contribution in [-0.2, 0) is 16.4 Å². The molecule has 0 saturated heterocycles. The summed E-state index contributed by atoms with van der Waals surface area (Å²) in [6.45, 7) is 11.5. The Bertz CT molecular complexity index is 355. The number of nitrogens with two attached hydrogens (primary N) is 1. The van der Waals surface area contributed by atoms with E-state index in [4.69, 9.17) is 10.2 Å². The standard InChI is InChI=1S/C13H22NOSi/c1-13(2,3)11-7-6-8-12(14)10(11)9-15-16(4)5/h6-8H,9,14H2,1-5H3. The zero-order valence-corrected chi connectivity index (χ0v) is 11.9. The highest BCUT2D eigenvalue weighted by Crippen LogP contribution is 2.29. The number of benzene rings is 1. The summed E-state index contributed by atoms with van der Waals surface area (Å²) >= 11 is 0. The zero-order chi connectivity index (χ0) is 12.3. The largest absolute Gasteiger partial charge is 0.413 e. The van der Waals surface area contributed by atoms with Crippen molar-refractivity contribution < 1.29 is 4.43 Å². The molecule has 0 aromatic heterocycles. The Morgan fingerprint density at radius 3 is 2.38 bits per heavy atom. The van der Waals surface area contributed by atoms with Crippen LogP contribution in [0.5, 0.6) is 0 Å². The summed E-state index contributed by atoms with van der Waals surface area (Å²) < 4.78 is 5.77. The summed E-state index contributed by atoms with van der Waals surface area (Å²) in [5, 5.41) is 0. The van der Waals surface area contributed by atoms with Crippen LogP contribution in [0.3, 0.4) is 0 Å². The molecule has 0 spiro atoms. The van der Waals surface area contributed by atoms with E-state index < -0.39 is 9.04 Å². The smallest absolute Gasteiger partial charge is 0.205 e. The molecule has 2 nitrogen and oxygen atoms in total. The summed E-state index contributed by atoms with van der Waals surface area (Å²) in [6, 6.07) is 6.11. The lowest BCUT2D eigenvalue weighted by Crippen LogP contribution is -2.17. The predicted octanol–water partition coefficient (Wildman–Crippen LogP) is 3.33. The van der Waals surface area contributed by atoms with Crippen molar-refractivity contribution in [1.82, 2.24) is 0 Å². The van der Waals surface area contributed by atoms with Gasteiger partial charge in [-0.3, -0.25) is 0 Å². The summed E-state index contributed by atoms with van der Waals surface area (Å²) in [5.41, 5.74) is 9.43. The molecule has 0 amide bonds. The summed E-state index contributed by atoms with van der Waals surface area (Å²) in [5.74, 6) is 0. The number of nitrogen functional groups attached to an aromatic ring is 1. The SMILES string of the molecule is C[Si](C)OCc1c(N)cccc1C(C)(C)C. The van der Waals surface area contributed by atoms with Crippen molar-refractivity contribution in [1.29, 1.82) is 0 Å². The Balaban J connectivity index is 3.04. The maximum absolute atomic E-state index is 6.04. The molecule has 1 radical (unpaired) electrons. The van der Waals surface area contributed by atoms with Gasteiger partial charge in [-0.15, -0.1) is 0 Å². The Morgan fingerprint density at radius 2 is 1.88 bits per heavy atom. The van der Waals surface area contributed by atoms with E-state index in [9.17, 15) is 0 Å². The quantitative estimate of drug-likeness (QED) is 0.645. The minimum atomic E-state index is -0.666. The van der Waals surface area contributed by atoms with E-state index in [2.05, 4.69) is 39.9 Å². The van der Waals surface area contributed by atoms with E-state index in [1.54, 1.807) is 0 Å². The van der Waals surface area contributed by atoms with Gasteiger partial charge in [0.1, 0.15) is 0 Å². The fourth-order valence-corrected chi connectivity index (χ4v) is 2.12. The van der Waals surface area contributed by atoms with Gasteiger partial charge in [-0.1, -0.05) is 32.9 Å². The minimum Gasteiger partial charge on any atom is -0.413 e.